The van der Waals surface area contributed by atoms with Gasteiger partial charge in [-0.2, -0.15) is 0 Å². The number of nitrogens with one attached hydrogen (secondary N) is 1. The zero-order chi connectivity index (χ0) is 14.5. The summed E-state index contributed by atoms with van der Waals surface area (Å²) in [6.45, 7) is 4.33. The summed E-state index contributed by atoms with van der Waals surface area (Å²) in [5.74, 6) is 0.233. The predicted molar refractivity (Wildman–Crippen MR) is 73.3 cm³/mol. The fourth-order valence-electron chi connectivity index (χ4n) is 2.84. The Labute approximate surface area is 118 Å². The summed E-state index contributed by atoms with van der Waals surface area (Å²) in [6, 6.07) is 6.56. The predicted octanol–water partition coefficient (Wildman–Crippen LogP) is 2.89. The first-order valence-corrected chi connectivity index (χ1v) is 7.01. The lowest BCUT2D eigenvalue weighted by molar-refractivity contribution is 0.109. The topological polar surface area (TPSA) is 15.3 Å². The summed E-state index contributed by atoms with van der Waals surface area (Å²) in [4.78, 5) is 2.24. The van der Waals surface area contributed by atoms with Gasteiger partial charge in [-0.25, -0.2) is 13.2 Å². The fourth-order valence-corrected chi connectivity index (χ4v) is 2.84. The molecule has 1 aromatic carbocycles. The lowest BCUT2D eigenvalue weighted by atomic mass is 9.95. The highest BCUT2D eigenvalue weighted by atomic mass is 19.3. The molecule has 0 aromatic heterocycles. The van der Waals surface area contributed by atoms with E-state index in [0.717, 1.165) is 31.6 Å². The van der Waals surface area contributed by atoms with Crippen LogP contribution < -0.4 is 5.32 Å². The fraction of sp³-hybridized carbons (Fsp3) is 0.600. The molecule has 1 aromatic rings. The highest BCUT2D eigenvalue weighted by Crippen LogP contribution is 2.19. The van der Waals surface area contributed by atoms with Gasteiger partial charge in [-0.15, -0.1) is 0 Å². The minimum absolute atomic E-state index is 0.105. The highest BCUT2D eigenvalue weighted by molar-refractivity contribution is 5.16. The highest BCUT2D eigenvalue weighted by Gasteiger charge is 2.25. The lowest BCUT2D eigenvalue weighted by Crippen LogP contribution is -2.49. The van der Waals surface area contributed by atoms with Crippen molar-refractivity contribution in [1.29, 1.82) is 0 Å². The van der Waals surface area contributed by atoms with Crippen LogP contribution >= 0.6 is 0 Å². The van der Waals surface area contributed by atoms with E-state index in [2.05, 4.69) is 17.1 Å². The van der Waals surface area contributed by atoms with Crippen LogP contribution in [0.15, 0.2) is 24.3 Å². The average molecular weight is 286 g/mol. The molecule has 2 rings (SSSR count). The van der Waals surface area contributed by atoms with Crippen molar-refractivity contribution in [1.82, 2.24) is 10.2 Å². The summed E-state index contributed by atoms with van der Waals surface area (Å²) in [7, 11) is 0. The third-order valence-corrected chi connectivity index (χ3v) is 3.62. The zero-order valence-corrected chi connectivity index (χ0v) is 11.7. The van der Waals surface area contributed by atoms with Gasteiger partial charge in [-0.05, 0) is 30.0 Å². The molecule has 1 aliphatic rings. The third-order valence-electron chi connectivity index (χ3n) is 3.62. The summed E-state index contributed by atoms with van der Waals surface area (Å²) < 4.78 is 37.4. The first kappa shape index (κ1) is 15.3. The van der Waals surface area contributed by atoms with Crippen molar-refractivity contribution in [3.8, 4) is 0 Å². The molecule has 0 bridgehead atoms. The summed E-state index contributed by atoms with van der Waals surface area (Å²) >= 11 is 0. The molecular formula is C15H21F3N2. The molecule has 5 heteroatoms. The molecule has 0 saturated carbocycles. The van der Waals surface area contributed by atoms with Crippen LogP contribution in [-0.2, 0) is 6.54 Å². The van der Waals surface area contributed by atoms with E-state index in [9.17, 15) is 13.2 Å². The van der Waals surface area contributed by atoms with Crippen LogP contribution in [0.1, 0.15) is 18.9 Å². The van der Waals surface area contributed by atoms with Gasteiger partial charge in [0.05, 0.1) is 6.54 Å². The van der Waals surface area contributed by atoms with Crippen LogP contribution in [0.4, 0.5) is 13.2 Å². The molecule has 0 amide bonds. The first-order valence-electron chi connectivity index (χ1n) is 7.01. The van der Waals surface area contributed by atoms with Gasteiger partial charge in [0, 0.05) is 25.7 Å². The Morgan fingerprint density at radius 2 is 1.95 bits per heavy atom. The third kappa shape index (κ3) is 4.80. The summed E-state index contributed by atoms with van der Waals surface area (Å²) in [5.41, 5.74) is 1.05. The smallest absolute Gasteiger partial charge is 0.250 e. The lowest BCUT2D eigenvalue weighted by Gasteiger charge is -2.37. The monoisotopic (exact) mass is 286 g/mol. The maximum absolute atomic E-state index is 12.9. The van der Waals surface area contributed by atoms with E-state index in [0.29, 0.717) is 5.92 Å². The Hall–Kier alpha value is -1.07. The molecule has 2 nitrogen and oxygen atoms in total. The van der Waals surface area contributed by atoms with Gasteiger partial charge < -0.3 is 5.32 Å². The number of likely N-dealkylation sites (tertiary alicyclic amines) is 1. The molecule has 0 aliphatic carbocycles. The van der Waals surface area contributed by atoms with Crippen LogP contribution in [0.25, 0.3) is 0 Å². The number of halogens is 3. The maximum Gasteiger partial charge on any atom is 0.250 e. The molecular weight excluding hydrogens is 265 g/mol. The molecule has 1 heterocycles. The average Bonchev–Trinajstić information content (AvgIpc) is 2.38. The van der Waals surface area contributed by atoms with Crippen molar-refractivity contribution in [2.45, 2.75) is 32.4 Å². The maximum atomic E-state index is 12.9. The molecule has 1 N–H and O–H groups in total. The van der Waals surface area contributed by atoms with Gasteiger partial charge in [-0.1, -0.05) is 19.1 Å². The van der Waals surface area contributed by atoms with Crippen molar-refractivity contribution in [3.05, 3.63) is 35.6 Å². The number of rotatable bonds is 5. The molecule has 20 heavy (non-hydrogen) atoms. The quantitative estimate of drug-likeness (QED) is 0.895. The molecule has 1 aliphatic heterocycles. The van der Waals surface area contributed by atoms with Crippen molar-refractivity contribution in [2.75, 3.05) is 19.6 Å². The molecule has 112 valence electrons. The van der Waals surface area contributed by atoms with Gasteiger partial charge in [0.25, 0.3) is 6.43 Å². The van der Waals surface area contributed by atoms with Crippen LogP contribution in [-0.4, -0.2) is 37.0 Å². The van der Waals surface area contributed by atoms with Crippen LogP contribution in [0.2, 0.25) is 0 Å². The number of piperidine rings is 1. The summed E-state index contributed by atoms with van der Waals surface area (Å²) in [5, 5.41) is 2.92. The van der Waals surface area contributed by atoms with E-state index in [1.54, 1.807) is 12.1 Å². The normalized spacial score (nSPS) is 24.2. The van der Waals surface area contributed by atoms with E-state index in [1.165, 1.54) is 12.1 Å². The van der Waals surface area contributed by atoms with E-state index < -0.39 is 6.43 Å². The van der Waals surface area contributed by atoms with E-state index in [4.69, 9.17) is 0 Å². The second-order valence-corrected chi connectivity index (χ2v) is 5.66. The minimum Gasteiger partial charge on any atom is -0.307 e. The van der Waals surface area contributed by atoms with Gasteiger partial charge in [0.15, 0.2) is 0 Å². The second kappa shape index (κ2) is 7.09. The Morgan fingerprint density at radius 1 is 1.25 bits per heavy atom. The Morgan fingerprint density at radius 3 is 2.60 bits per heavy atom. The largest absolute Gasteiger partial charge is 0.307 e. The van der Waals surface area contributed by atoms with Crippen molar-refractivity contribution in [2.24, 2.45) is 5.92 Å². The molecule has 2 atom stereocenters. The minimum atomic E-state index is -2.31. The van der Waals surface area contributed by atoms with E-state index in [-0.39, 0.29) is 18.4 Å². The molecule has 1 saturated heterocycles. The van der Waals surface area contributed by atoms with E-state index >= 15 is 0 Å². The van der Waals surface area contributed by atoms with Gasteiger partial charge in [-0.3, -0.25) is 4.90 Å². The van der Waals surface area contributed by atoms with Crippen molar-refractivity contribution >= 4 is 0 Å². The molecule has 1 fully saturated rings. The Bertz CT molecular complexity index is 408. The number of alkyl halides is 2. The standard InChI is InChI=1S/C15H21F3N2/c1-11-6-14(19-7-15(17)18)10-20(8-11)9-12-2-4-13(16)5-3-12/h2-5,11,14-15,19H,6-10H2,1H3. The van der Waals surface area contributed by atoms with Crippen molar-refractivity contribution in [3.63, 3.8) is 0 Å². The SMILES string of the molecule is CC1CC(NCC(F)F)CN(Cc2ccc(F)cc2)C1. The number of nitrogens with zero attached hydrogens (tertiary/aromatic N) is 1. The van der Waals surface area contributed by atoms with Crippen molar-refractivity contribution < 1.29 is 13.2 Å². The number of hydrogen-bond donors (Lipinski definition) is 1. The van der Waals surface area contributed by atoms with Gasteiger partial charge in [0.2, 0.25) is 0 Å². The summed E-state index contributed by atoms with van der Waals surface area (Å²) in [6.07, 6.45) is -1.38. The van der Waals surface area contributed by atoms with Gasteiger partial charge in [0.1, 0.15) is 5.82 Å². The molecule has 0 spiro atoms. The Kier molecular flexibility index (Phi) is 5.43. The van der Waals surface area contributed by atoms with Crippen LogP contribution in [0.3, 0.4) is 0 Å². The number of hydrogen-bond acceptors (Lipinski definition) is 2. The second-order valence-electron chi connectivity index (χ2n) is 5.66. The Balaban J connectivity index is 1.88. The molecule has 0 radical (unpaired) electrons. The van der Waals surface area contributed by atoms with Gasteiger partial charge >= 0.3 is 0 Å². The first-order chi connectivity index (χ1) is 9.52. The van der Waals surface area contributed by atoms with Crippen LogP contribution in [0, 0.1) is 11.7 Å². The number of benzene rings is 1. The van der Waals surface area contributed by atoms with E-state index in [1.807, 2.05) is 0 Å². The van der Waals surface area contributed by atoms with Crippen LogP contribution in [0.5, 0.6) is 0 Å². The zero-order valence-electron chi connectivity index (χ0n) is 11.7. The molecule has 2 unspecified atom stereocenters.